The van der Waals surface area contributed by atoms with Crippen molar-refractivity contribution >= 4 is 5.97 Å². The number of carboxylic acids is 1. The van der Waals surface area contributed by atoms with Gasteiger partial charge in [-0.25, -0.2) is 0 Å². The molecule has 3 nitrogen and oxygen atoms in total. The second-order valence-corrected chi connectivity index (χ2v) is 4.99. The van der Waals surface area contributed by atoms with Crippen LogP contribution in [-0.2, 0) is 16.0 Å². The molecule has 0 bridgehead atoms. The molecule has 0 fully saturated rings. The van der Waals surface area contributed by atoms with Gasteiger partial charge in [-0.2, -0.15) is 0 Å². The molecule has 0 saturated carbocycles. The van der Waals surface area contributed by atoms with Gasteiger partial charge in [0.2, 0.25) is 0 Å². The van der Waals surface area contributed by atoms with Crippen molar-refractivity contribution in [3.63, 3.8) is 0 Å². The number of aliphatic carboxylic acids is 1. The Kier molecular flexibility index (Phi) is 4.29. The summed E-state index contributed by atoms with van der Waals surface area (Å²) in [7, 11) is 1.67. The fraction of sp³-hybridized carbons (Fsp3) is 0.500. The Morgan fingerprint density at radius 1 is 1.35 bits per heavy atom. The Hall–Kier alpha value is -1.35. The topological polar surface area (TPSA) is 46.5 Å². The maximum atomic E-state index is 11.0. The van der Waals surface area contributed by atoms with Crippen LogP contribution >= 0.6 is 0 Å². The summed E-state index contributed by atoms with van der Waals surface area (Å²) >= 11 is 0. The highest BCUT2D eigenvalue weighted by atomic mass is 16.5. The van der Waals surface area contributed by atoms with Gasteiger partial charge in [0, 0.05) is 7.11 Å². The number of rotatable bonds is 5. The first kappa shape index (κ1) is 13.7. The summed E-state index contributed by atoms with van der Waals surface area (Å²) in [5, 5.41) is 9.06. The zero-order chi connectivity index (χ0) is 13.1. The average molecular weight is 236 g/mol. The average Bonchev–Trinajstić information content (AvgIpc) is 2.28. The van der Waals surface area contributed by atoms with E-state index in [1.54, 1.807) is 21.0 Å². The minimum atomic E-state index is -0.771. The summed E-state index contributed by atoms with van der Waals surface area (Å²) in [4.78, 5) is 11.0. The molecule has 0 heterocycles. The smallest absolute Gasteiger partial charge is 0.309 e. The number of benzene rings is 1. The van der Waals surface area contributed by atoms with E-state index >= 15 is 0 Å². The molecule has 1 aromatic rings. The van der Waals surface area contributed by atoms with Crippen molar-refractivity contribution < 1.29 is 14.6 Å². The number of carbonyl (C=O) groups is 1. The molecule has 0 aliphatic heterocycles. The van der Waals surface area contributed by atoms with Crippen molar-refractivity contribution in [1.29, 1.82) is 0 Å². The Labute approximate surface area is 102 Å². The van der Waals surface area contributed by atoms with Gasteiger partial charge < -0.3 is 9.84 Å². The summed E-state index contributed by atoms with van der Waals surface area (Å²) in [5.74, 6) is -0.771. The van der Waals surface area contributed by atoms with E-state index < -0.39 is 11.4 Å². The Balaban J connectivity index is 2.79. The minimum absolute atomic E-state index is 0.0662. The summed E-state index contributed by atoms with van der Waals surface area (Å²) in [6, 6.07) is 7.91. The van der Waals surface area contributed by atoms with Crippen LogP contribution in [0.15, 0.2) is 24.3 Å². The number of ether oxygens (including phenoxy) is 1. The van der Waals surface area contributed by atoms with Gasteiger partial charge in [0.1, 0.15) is 0 Å². The van der Waals surface area contributed by atoms with Crippen molar-refractivity contribution in [2.75, 3.05) is 7.11 Å². The number of hydrogen-bond acceptors (Lipinski definition) is 2. The number of hydrogen-bond donors (Lipinski definition) is 1. The molecule has 0 aliphatic rings. The van der Waals surface area contributed by atoms with Gasteiger partial charge in [0.25, 0.3) is 0 Å². The second-order valence-electron chi connectivity index (χ2n) is 4.99. The van der Waals surface area contributed by atoms with Crippen LogP contribution in [0.3, 0.4) is 0 Å². The third kappa shape index (κ3) is 3.56. The summed E-state index contributed by atoms with van der Waals surface area (Å²) in [5.41, 5.74) is 1.41. The molecule has 1 N–H and O–H groups in total. The third-order valence-corrected chi connectivity index (χ3v) is 3.03. The zero-order valence-corrected chi connectivity index (χ0v) is 10.9. The third-order valence-electron chi connectivity index (χ3n) is 3.03. The molecule has 0 saturated heterocycles. The maximum absolute atomic E-state index is 11.0. The molecule has 1 unspecified atom stereocenters. The fourth-order valence-corrected chi connectivity index (χ4v) is 1.63. The van der Waals surface area contributed by atoms with Crippen molar-refractivity contribution in [3.8, 4) is 0 Å². The highest BCUT2D eigenvalue weighted by molar-refractivity contribution is 5.74. The highest BCUT2D eigenvalue weighted by Gasteiger charge is 2.27. The predicted molar refractivity (Wildman–Crippen MR) is 67.0 cm³/mol. The largest absolute Gasteiger partial charge is 0.481 e. The van der Waals surface area contributed by atoms with E-state index in [1.165, 1.54) is 0 Å². The number of methoxy groups -OCH3 is 1. The van der Waals surface area contributed by atoms with Crippen LogP contribution in [0.4, 0.5) is 0 Å². The normalized spacial score (nSPS) is 13.4. The molecule has 0 spiro atoms. The quantitative estimate of drug-likeness (QED) is 0.854. The monoisotopic (exact) mass is 236 g/mol. The molecule has 17 heavy (non-hydrogen) atoms. The van der Waals surface area contributed by atoms with Crippen LogP contribution in [0.2, 0.25) is 0 Å². The lowest BCUT2D eigenvalue weighted by Crippen LogP contribution is -2.26. The van der Waals surface area contributed by atoms with Gasteiger partial charge in [-0.05, 0) is 38.3 Å². The first-order valence-electron chi connectivity index (χ1n) is 5.72. The molecule has 1 rings (SSSR count). The van der Waals surface area contributed by atoms with Gasteiger partial charge in [-0.1, -0.05) is 24.3 Å². The lowest BCUT2D eigenvalue weighted by Gasteiger charge is -2.19. The van der Waals surface area contributed by atoms with Gasteiger partial charge in [-0.15, -0.1) is 0 Å². The maximum Gasteiger partial charge on any atom is 0.309 e. The van der Waals surface area contributed by atoms with Gasteiger partial charge in [0.15, 0.2) is 0 Å². The van der Waals surface area contributed by atoms with Crippen LogP contribution in [-0.4, -0.2) is 18.2 Å². The molecule has 3 heteroatoms. The van der Waals surface area contributed by atoms with Gasteiger partial charge >= 0.3 is 5.97 Å². The van der Waals surface area contributed by atoms with Crippen LogP contribution in [0.1, 0.15) is 38.0 Å². The van der Waals surface area contributed by atoms with Gasteiger partial charge in [-0.3, -0.25) is 4.79 Å². The van der Waals surface area contributed by atoms with E-state index in [0.29, 0.717) is 6.42 Å². The molecule has 0 radical (unpaired) electrons. The minimum Gasteiger partial charge on any atom is -0.481 e. The molecular formula is C14H20O3. The lowest BCUT2D eigenvalue weighted by molar-refractivity contribution is -0.146. The molecule has 1 atom stereocenters. The van der Waals surface area contributed by atoms with Crippen LogP contribution < -0.4 is 0 Å². The van der Waals surface area contributed by atoms with E-state index in [1.807, 2.05) is 31.2 Å². The molecule has 0 aromatic heterocycles. The first-order valence-corrected chi connectivity index (χ1v) is 5.72. The van der Waals surface area contributed by atoms with Crippen LogP contribution in [0.5, 0.6) is 0 Å². The van der Waals surface area contributed by atoms with Gasteiger partial charge in [0.05, 0.1) is 11.5 Å². The number of carboxylic acid groups (broad SMARTS) is 1. The SMILES string of the molecule is COC(C)c1ccc(CC(C)(C)C(=O)O)cc1. The Bertz CT molecular complexity index is 379. The lowest BCUT2D eigenvalue weighted by atomic mass is 9.85. The molecular weight excluding hydrogens is 216 g/mol. The molecule has 1 aromatic carbocycles. The van der Waals surface area contributed by atoms with E-state index in [4.69, 9.17) is 9.84 Å². The van der Waals surface area contributed by atoms with E-state index in [0.717, 1.165) is 11.1 Å². The van der Waals surface area contributed by atoms with E-state index in [9.17, 15) is 4.79 Å². The van der Waals surface area contributed by atoms with Crippen molar-refractivity contribution in [3.05, 3.63) is 35.4 Å². The first-order chi connectivity index (χ1) is 7.86. The molecule has 94 valence electrons. The van der Waals surface area contributed by atoms with Crippen molar-refractivity contribution in [1.82, 2.24) is 0 Å². The van der Waals surface area contributed by atoms with E-state index in [2.05, 4.69) is 0 Å². The summed E-state index contributed by atoms with van der Waals surface area (Å²) < 4.78 is 5.22. The standard InChI is InChI=1S/C14H20O3/c1-10(17-4)12-7-5-11(6-8-12)9-14(2,3)13(15)16/h5-8,10H,9H2,1-4H3,(H,15,16). The fourth-order valence-electron chi connectivity index (χ4n) is 1.63. The van der Waals surface area contributed by atoms with E-state index in [-0.39, 0.29) is 6.10 Å². The molecule has 0 aliphatic carbocycles. The summed E-state index contributed by atoms with van der Waals surface area (Å²) in [6.07, 6.45) is 0.598. The molecule has 0 amide bonds. The summed E-state index contributed by atoms with van der Waals surface area (Å²) in [6.45, 7) is 5.46. The second kappa shape index (κ2) is 5.32. The predicted octanol–water partition coefficient (Wildman–Crippen LogP) is 3.05. The van der Waals surface area contributed by atoms with Crippen LogP contribution in [0.25, 0.3) is 0 Å². The van der Waals surface area contributed by atoms with Crippen molar-refractivity contribution in [2.45, 2.75) is 33.3 Å². The Morgan fingerprint density at radius 2 is 1.88 bits per heavy atom. The Morgan fingerprint density at radius 3 is 2.29 bits per heavy atom. The highest BCUT2D eigenvalue weighted by Crippen LogP contribution is 2.23. The zero-order valence-electron chi connectivity index (χ0n) is 10.9. The van der Waals surface area contributed by atoms with Crippen molar-refractivity contribution in [2.24, 2.45) is 5.41 Å². The van der Waals surface area contributed by atoms with Crippen LogP contribution in [0, 0.1) is 5.41 Å².